The van der Waals surface area contributed by atoms with Crippen LogP contribution in [0.4, 0.5) is 17.6 Å². The van der Waals surface area contributed by atoms with Crippen LogP contribution >= 0.6 is 0 Å². The van der Waals surface area contributed by atoms with Crippen LogP contribution in [-0.4, -0.2) is 48.2 Å². The molecule has 1 aliphatic heterocycles. The number of hydrogen-bond acceptors (Lipinski definition) is 3. The van der Waals surface area contributed by atoms with Gasteiger partial charge in [-0.25, -0.2) is 17.6 Å². The SMILES string of the molecule is CC1CCN(CC(O)CNC(=O)c2c(F)c(F)cc(F)c2F)CC1. The zero-order chi connectivity index (χ0) is 17.9. The number of carbonyl (C=O) groups excluding carboxylic acids is 1. The first-order chi connectivity index (χ1) is 11.3. The zero-order valence-electron chi connectivity index (χ0n) is 13.3. The maximum atomic E-state index is 13.5. The molecule has 0 radical (unpaired) electrons. The number of halogens is 4. The Labute approximate surface area is 137 Å². The largest absolute Gasteiger partial charge is 0.390 e. The van der Waals surface area contributed by atoms with Crippen molar-refractivity contribution in [2.45, 2.75) is 25.9 Å². The van der Waals surface area contributed by atoms with Gasteiger partial charge in [-0.2, -0.15) is 0 Å². The Morgan fingerprint density at radius 1 is 1.25 bits per heavy atom. The van der Waals surface area contributed by atoms with E-state index in [1.807, 2.05) is 4.90 Å². The molecule has 8 heteroatoms. The Kier molecular flexibility index (Phi) is 6.17. The van der Waals surface area contributed by atoms with Gasteiger partial charge in [0.25, 0.3) is 5.91 Å². The molecule has 1 saturated heterocycles. The summed E-state index contributed by atoms with van der Waals surface area (Å²) in [7, 11) is 0. The second-order valence-corrected chi connectivity index (χ2v) is 6.19. The van der Waals surface area contributed by atoms with Gasteiger partial charge in [-0.3, -0.25) is 4.79 Å². The van der Waals surface area contributed by atoms with Crippen molar-refractivity contribution >= 4 is 5.91 Å². The van der Waals surface area contributed by atoms with E-state index in [2.05, 4.69) is 12.2 Å². The number of nitrogens with zero attached hydrogens (tertiary/aromatic N) is 1. The number of amides is 1. The average Bonchev–Trinajstić information content (AvgIpc) is 2.53. The topological polar surface area (TPSA) is 52.6 Å². The highest BCUT2D eigenvalue weighted by atomic mass is 19.2. The van der Waals surface area contributed by atoms with E-state index in [9.17, 15) is 27.5 Å². The number of β-amino-alcohol motifs (C(OH)–C–C–N with tert-alkyl or cyclic N) is 1. The molecule has 24 heavy (non-hydrogen) atoms. The minimum atomic E-state index is -1.76. The van der Waals surface area contributed by atoms with Gasteiger partial charge < -0.3 is 15.3 Å². The van der Waals surface area contributed by atoms with Gasteiger partial charge in [-0.1, -0.05) is 6.92 Å². The summed E-state index contributed by atoms with van der Waals surface area (Å²) in [5.41, 5.74) is -1.33. The number of piperidine rings is 1. The van der Waals surface area contributed by atoms with Crippen LogP contribution in [0.3, 0.4) is 0 Å². The zero-order valence-corrected chi connectivity index (χ0v) is 13.3. The van der Waals surface area contributed by atoms with E-state index in [0.717, 1.165) is 25.9 Å². The summed E-state index contributed by atoms with van der Waals surface area (Å²) in [6.45, 7) is 3.82. The number of benzene rings is 1. The van der Waals surface area contributed by atoms with Crippen LogP contribution in [0.15, 0.2) is 6.07 Å². The van der Waals surface area contributed by atoms with Crippen molar-refractivity contribution in [2.75, 3.05) is 26.2 Å². The van der Waals surface area contributed by atoms with Gasteiger partial charge in [0.15, 0.2) is 23.3 Å². The van der Waals surface area contributed by atoms with Gasteiger partial charge in [-0.05, 0) is 31.8 Å². The lowest BCUT2D eigenvalue weighted by Gasteiger charge is -2.31. The Bertz CT molecular complexity index is 578. The Balaban J connectivity index is 1.91. The first-order valence-corrected chi connectivity index (χ1v) is 7.81. The number of rotatable bonds is 5. The molecule has 1 fully saturated rings. The molecule has 1 heterocycles. The van der Waals surface area contributed by atoms with E-state index in [0.29, 0.717) is 12.5 Å². The Morgan fingerprint density at radius 2 is 1.79 bits per heavy atom. The highest BCUT2D eigenvalue weighted by Crippen LogP contribution is 2.19. The van der Waals surface area contributed by atoms with E-state index in [1.165, 1.54) is 0 Å². The molecular formula is C16H20F4N2O2. The van der Waals surface area contributed by atoms with Crippen molar-refractivity contribution in [1.82, 2.24) is 10.2 Å². The Hall–Kier alpha value is -1.67. The van der Waals surface area contributed by atoms with Crippen LogP contribution in [0.25, 0.3) is 0 Å². The average molecular weight is 348 g/mol. The third-order valence-electron chi connectivity index (χ3n) is 4.18. The fourth-order valence-corrected chi connectivity index (χ4v) is 2.68. The van der Waals surface area contributed by atoms with Gasteiger partial charge in [0.05, 0.1) is 6.10 Å². The molecule has 0 saturated carbocycles. The number of nitrogens with one attached hydrogen (secondary N) is 1. The molecule has 134 valence electrons. The molecule has 4 nitrogen and oxygen atoms in total. The number of carbonyl (C=O) groups is 1. The molecule has 0 spiro atoms. The second kappa shape index (κ2) is 7.94. The van der Waals surface area contributed by atoms with Gasteiger partial charge in [0.1, 0.15) is 5.56 Å². The Morgan fingerprint density at radius 3 is 2.33 bits per heavy atom. The van der Waals surface area contributed by atoms with E-state index in [4.69, 9.17) is 0 Å². The van der Waals surface area contributed by atoms with Gasteiger partial charge in [-0.15, -0.1) is 0 Å². The fraction of sp³-hybridized carbons (Fsp3) is 0.562. The summed E-state index contributed by atoms with van der Waals surface area (Å²) in [5, 5.41) is 12.0. The molecule has 1 aromatic carbocycles. The minimum Gasteiger partial charge on any atom is -0.390 e. The maximum absolute atomic E-state index is 13.5. The lowest BCUT2D eigenvalue weighted by Crippen LogP contribution is -2.43. The van der Waals surface area contributed by atoms with Gasteiger partial charge in [0, 0.05) is 19.2 Å². The van der Waals surface area contributed by atoms with Crippen molar-refractivity contribution in [3.63, 3.8) is 0 Å². The monoisotopic (exact) mass is 348 g/mol. The maximum Gasteiger partial charge on any atom is 0.257 e. The molecule has 1 amide bonds. The lowest BCUT2D eigenvalue weighted by atomic mass is 9.99. The molecule has 0 aliphatic carbocycles. The standard InChI is InChI=1S/C16H20F4N2O2/c1-9-2-4-22(5-3-9)8-10(23)7-21-16(24)13-14(19)11(17)6-12(18)15(13)20/h6,9-10,23H,2-5,7-8H2,1H3,(H,21,24). The van der Waals surface area contributed by atoms with E-state index < -0.39 is 40.8 Å². The normalized spacial score (nSPS) is 17.8. The van der Waals surface area contributed by atoms with Crippen LogP contribution in [0, 0.1) is 29.2 Å². The molecular weight excluding hydrogens is 328 g/mol. The number of hydrogen-bond donors (Lipinski definition) is 2. The third kappa shape index (κ3) is 4.45. The van der Waals surface area contributed by atoms with Crippen LogP contribution in [-0.2, 0) is 0 Å². The number of aliphatic hydroxyl groups is 1. The van der Waals surface area contributed by atoms with Crippen molar-refractivity contribution in [3.05, 3.63) is 34.9 Å². The predicted molar refractivity (Wildman–Crippen MR) is 79.5 cm³/mol. The molecule has 1 unspecified atom stereocenters. The van der Waals surface area contributed by atoms with Crippen LogP contribution in [0.5, 0.6) is 0 Å². The predicted octanol–water partition coefficient (Wildman–Crippen LogP) is 2.07. The lowest BCUT2D eigenvalue weighted by molar-refractivity contribution is 0.0789. The summed E-state index contributed by atoms with van der Waals surface area (Å²) in [4.78, 5) is 13.8. The molecule has 2 N–H and O–H groups in total. The smallest absolute Gasteiger partial charge is 0.257 e. The summed E-state index contributed by atoms with van der Waals surface area (Å²) >= 11 is 0. The molecule has 0 aromatic heterocycles. The van der Waals surface area contributed by atoms with Crippen LogP contribution < -0.4 is 5.32 Å². The highest BCUT2D eigenvalue weighted by molar-refractivity contribution is 5.94. The second-order valence-electron chi connectivity index (χ2n) is 6.19. The summed E-state index contributed by atoms with van der Waals surface area (Å²) in [6.07, 6.45) is 1.07. The molecule has 2 rings (SSSR count). The minimum absolute atomic E-state index is 0.0354. The molecule has 1 atom stereocenters. The van der Waals surface area contributed by atoms with Gasteiger partial charge >= 0.3 is 0 Å². The fourth-order valence-electron chi connectivity index (χ4n) is 2.68. The third-order valence-corrected chi connectivity index (χ3v) is 4.18. The molecule has 0 bridgehead atoms. The van der Waals surface area contributed by atoms with Crippen molar-refractivity contribution in [1.29, 1.82) is 0 Å². The van der Waals surface area contributed by atoms with Crippen LogP contribution in [0.2, 0.25) is 0 Å². The highest BCUT2D eigenvalue weighted by Gasteiger charge is 2.25. The summed E-state index contributed by atoms with van der Waals surface area (Å²) in [6, 6.07) is 0.0354. The van der Waals surface area contributed by atoms with Crippen molar-refractivity contribution < 1.29 is 27.5 Å². The molecule has 1 aliphatic rings. The number of likely N-dealkylation sites (tertiary alicyclic amines) is 1. The van der Waals surface area contributed by atoms with E-state index in [1.54, 1.807) is 0 Å². The van der Waals surface area contributed by atoms with Crippen molar-refractivity contribution in [3.8, 4) is 0 Å². The quantitative estimate of drug-likeness (QED) is 0.633. The first-order valence-electron chi connectivity index (χ1n) is 7.81. The summed E-state index contributed by atoms with van der Waals surface area (Å²) < 4.78 is 53.2. The molecule has 1 aromatic rings. The summed E-state index contributed by atoms with van der Waals surface area (Å²) in [5.74, 6) is -7.50. The van der Waals surface area contributed by atoms with E-state index >= 15 is 0 Å². The van der Waals surface area contributed by atoms with Crippen LogP contribution in [0.1, 0.15) is 30.1 Å². The van der Waals surface area contributed by atoms with Gasteiger partial charge in [0.2, 0.25) is 0 Å². The van der Waals surface area contributed by atoms with Crippen molar-refractivity contribution in [2.24, 2.45) is 5.92 Å². The van der Waals surface area contributed by atoms with E-state index in [-0.39, 0.29) is 12.6 Å². The number of aliphatic hydroxyl groups excluding tert-OH is 1. The first kappa shape index (κ1) is 18.7.